The molecule has 0 aliphatic carbocycles. The predicted octanol–water partition coefficient (Wildman–Crippen LogP) is 3.10. The molecule has 0 radical (unpaired) electrons. The number of ketones is 1. The minimum Gasteiger partial charge on any atom is -0.344 e. The van der Waals surface area contributed by atoms with Gasteiger partial charge in [0.25, 0.3) is 0 Å². The van der Waals surface area contributed by atoms with Gasteiger partial charge in [-0.25, -0.2) is 0 Å². The van der Waals surface area contributed by atoms with Crippen LogP contribution >= 0.6 is 21.6 Å². The maximum absolute atomic E-state index is 11.9. The van der Waals surface area contributed by atoms with E-state index in [1.54, 1.807) is 26.5 Å². The van der Waals surface area contributed by atoms with E-state index in [0.29, 0.717) is 5.75 Å². The minimum atomic E-state index is -0.319. The van der Waals surface area contributed by atoms with Crippen LogP contribution in [0.5, 0.6) is 0 Å². The van der Waals surface area contributed by atoms with Crippen LogP contribution in [-0.2, 0) is 9.59 Å². The number of nitrogens with zero attached hydrogens (tertiary/aromatic N) is 1. The van der Waals surface area contributed by atoms with Crippen molar-refractivity contribution in [2.75, 3.05) is 25.1 Å². The van der Waals surface area contributed by atoms with E-state index < -0.39 is 0 Å². The summed E-state index contributed by atoms with van der Waals surface area (Å²) in [7, 11) is 5.07. The highest BCUT2D eigenvalue weighted by Gasteiger charge is 2.24. The molecule has 0 aliphatic heterocycles. The molecule has 0 aromatic rings. The molecular weight excluding hydrogens is 266 g/mol. The van der Waals surface area contributed by atoms with Crippen LogP contribution in [0.3, 0.4) is 0 Å². The van der Waals surface area contributed by atoms with Crippen LogP contribution in [0.2, 0.25) is 0 Å². The third kappa shape index (κ3) is 7.31. The van der Waals surface area contributed by atoms with Crippen molar-refractivity contribution < 1.29 is 9.59 Å². The van der Waals surface area contributed by atoms with Crippen LogP contribution in [0.15, 0.2) is 0 Å². The van der Waals surface area contributed by atoms with E-state index >= 15 is 0 Å². The van der Waals surface area contributed by atoms with Gasteiger partial charge in [-0.3, -0.25) is 9.59 Å². The van der Waals surface area contributed by atoms with Gasteiger partial charge >= 0.3 is 0 Å². The third-order valence-electron chi connectivity index (χ3n) is 2.43. The van der Waals surface area contributed by atoms with Gasteiger partial charge in [0.15, 0.2) is 0 Å². The molecule has 0 aromatic heterocycles. The Balaban J connectivity index is 3.74. The third-order valence-corrected chi connectivity index (χ3v) is 4.70. The van der Waals surface area contributed by atoms with E-state index in [2.05, 4.69) is 0 Å². The van der Waals surface area contributed by atoms with Crippen LogP contribution in [0, 0.1) is 11.3 Å². The first-order valence-electron chi connectivity index (χ1n) is 6.19. The van der Waals surface area contributed by atoms with Crippen molar-refractivity contribution in [3.8, 4) is 0 Å². The Morgan fingerprint density at radius 1 is 1.17 bits per heavy atom. The topological polar surface area (TPSA) is 37.4 Å². The first kappa shape index (κ1) is 17.8. The summed E-state index contributed by atoms with van der Waals surface area (Å²) in [6.07, 6.45) is 0. The van der Waals surface area contributed by atoms with Crippen LogP contribution in [0.25, 0.3) is 0 Å². The lowest BCUT2D eigenvalue weighted by Gasteiger charge is -2.25. The maximum atomic E-state index is 11.9. The average Bonchev–Trinajstić information content (AvgIpc) is 2.25. The SMILES string of the molecule is CC(C)C(=O)CSSCCN(C)C(=O)C(C)(C)C. The quantitative estimate of drug-likeness (QED) is 0.533. The molecular formula is C13H25NO2S2. The number of rotatable bonds is 7. The smallest absolute Gasteiger partial charge is 0.227 e. The molecule has 0 N–H and O–H groups in total. The van der Waals surface area contributed by atoms with Gasteiger partial charge in [0.2, 0.25) is 5.91 Å². The zero-order valence-electron chi connectivity index (χ0n) is 12.3. The van der Waals surface area contributed by atoms with E-state index in [1.165, 1.54) is 0 Å². The van der Waals surface area contributed by atoms with Gasteiger partial charge < -0.3 is 4.90 Å². The van der Waals surface area contributed by atoms with Crippen molar-refractivity contribution in [1.82, 2.24) is 4.90 Å². The standard InChI is InChI=1S/C13H25NO2S2/c1-10(2)11(15)9-18-17-8-7-14(6)12(16)13(3,4)5/h10H,7-9H2,1-6H3. The van der Waals surface area contributed by atoms with Gasteiger partial charge in [0.05, 0.1) is 5.75 Å². The number of hydrogen-bond donors (Lipinski definition) is 0. The van der Waals surface area contributed by atoms with Crippen molar-refractivity contribution in [3.63, 3.8) is 0 Å². The van der Waals surface area contributed by atoms with Crippen LogP contribution in [0.4, 0.5) is 0 Å². The molecule has 1 amide bonds. The van der Waals surface area contributed by atoms with E-state index in [9.17, 15) is 9.59 Å². The van der Waals surface area contributed by atoms with Gasteiger partial charge in [-0.2, -0.15) is 0 Å². The average molecular weight is 291 g/mol. The molecule has 5 heteroatoms. The second-order valence-corrected chi connectivity index (χ2v) is 8.26. The van der Waals surface area contributed by atoms with E-state index in [4.69, 9.17) is 0 Å². The summed E-state index contributed by atoms with van der Waals surface area (Å²) in [5.41, 5.74) is -0.319. The fourth-order valence-corrected chi connectivity index (χ4v) is 3.35. The molecule has 0 saturated heterocycles. The zero-order valence-corrected chi connectivity index (χ0v) is 13.9. The van der Waals surface area contributed by atoms with Crippen molar-refractivity contribution in [2.45, 2.75) is 34.6 Å². The molecule has 0 fully saturated rings. The van der Waals surface area contributed by atoms with E-state index in [0.717, 1.165) is 12.3 Å². The first-order chi connectivity index (χ1) is 8.16. The number of carbonyl (C=O) groups excluding carboxylic acids is 2. The monoisotopic (exact) mass is 291 g/mol. The second kappa shape index (κ2) is 8.10. The van der Waals surface area contributed by atoms with Gasteiger partial charge in [-0.05, 0) is 0 Å². The van der Waals surface area contributed by atoms with Crippen molar-refractivity contribution in [1.29, 1.82) is 0 Å². The summed E-state index contributed by atoms with van der Waals surface area (Å²) in [6.45, 7) is 10.3. The molecule has 3 nitrogen and oxygen atoms in total. The highest BCUT2D eigenvalue weighted by molar-refractivity contribution is 8.76. The Labute approximate surface area is 119 Å². The fraction of sp³-hybridized carbons (Fsp3) is 0.846. The summed E-state index contributed by atoms with van der Waals surface area (Å²) >= 11 is 0. The van der Waals surface area contributed by atoms with Gasteiger partial charge in [-0.1, -0.05) is 56.2 Å². The maximum Gasteiger partial charge on any atom is 0.227 e. The molecule has 0 aliphatic rings. The van der Waals surface area contributed by atoms with Gasteiger partial charge in [0, 0.05) is 30.7 Å². The molecule has 0 rings (SSSR count). The van der Waals surface area contributed by atoms with Crippen LogP contribution in [-0.4, -0.2) is 41.7 Å². The number of hydrogen-bond acceptors (Lipinski definition) is 4. The Bertz CT molecular complexity index is 285. The first-order valence-corrected chi connectivity index (χ1v) is 8.67. The van der Waals surface area contributed by atoms with Crippen molar-refractivity contribution in [3.05, 3.63) is 0 Å². The number of carbonyl (C=O) groups is 2. The number of amides is 1. The van der Waals surface area contributed by atoms with Crippen molar-refractivity contribution >= 4 is 33.3 Å². The Morgan fingerprint density at radius 3 is 2.17 bits per heavy atom. The Hall–Kier alpha value is -0.160. The summed E-state index contributed by atoms with van der Waals surface area (Å²) < 4.78 is 0. The van der Waals surface area contributed by atoms with Crippen LogP contribution < -0.4 is 0 Å². The number of Topliss-reactive ketones (excluding diaryl/α,β-unsaturated/α-hetero) is 1. The van der Waals surface area contributed by atoms with E-state index in [1.807, 2.05) is 41.7 Å². The lowest BCUT2D eigenvalue weighted by Crippen LogP contribution is -2.37. The van der Waals surface area contributed by atoms with Crippen molar-refractivity contribution in [2.24, 2.45) is 11.3 Å². The molecule has 0 unspecified atom stereocenters. The normalized spacial score (nSPS) is 11.7. The minimum absolute atomic E-state index is 0.114. The molecule has 106 valence electrons. The summed E-state index contributed by atoms with van der Waals surface area (Å²) in [4.78, 5) is 25.0. The molecule has 0 heterocycles. The molecule has 0 bridgehead atoms. The summed E-state index contributed by atoms with van der Waals surface area (Å²) in [5, 5.41) is 0. The fourth-order valence-electron chi connectivity index (χ4n) is 1.17. The predicted molar refractivity (Wildman–Crippen MR) is 81.9 cm³/mol. The highest BCUT2D eigenvalue weighted by Crippen LogP contribution is 2.23. The molecule has 0 saturated carbocycles. The Morgan fingerprint density at radius 2 is 1.72 bits per heavy atom. The Kier molecular flexibility index (Phi) is 8.03. The molecule has 0 aromatic carbocycles. The highest BCUT2D eigenvalue weighted by atomic mass is 33.1. The molecule has 18 heavy (non-hydrogen) atoms. The lowest BCUT2D eigenvalue weighted by atomic mass is 9.95. The molecule has 0 spiro atoms. The lowest BCUT2D eigenvalue weighted by molar-refractivity contribution is -0.137. The molecule has 0 atom stereocenters. The van der Waals surface area contributed by atoms with Gasteiger partial charge in [0.1, 0.15) is 5.78 Å². The van der Waals surface area contributed by atoms with Crippen LogP contribution in [0.1, 0.15) is 34.6 Å². The summed E-state index contributed by atoms with van der Waals surface area (Å²) in [6, 6.07) is 0. The second-order valence-electron chi connectivity index (χ2n) is 5.68. The zero-order chi connectivity index (χ0) is 14.3. The summed E-state index contributed by atoms with van der Waals surface area (Å²) in [5.74, 6) is 1.97. The largest absolute Gasteiger partial charge is 0.344 e. The van der Waals surface area contributed by atoms with E-state index in [-0.39, 0.29) is 23.0 Å². The van der Waals surface area contributed by atoms with Gasteiger partial charge in [-0.15, -0.1) is 0 Å².